The summed E-state index contributed by atoms with van der Waals surface area (Å²) < 4.78 is 6.87. The van der Waals surface area contributed by atoms with Gasteiger partial charge in [0.2, 0.25) is 0 Å². The van der Waals surface area contributed by atoms with Gasteiger partial charge in [-0.15, -0.1) is 0 Å². The van der Waals surface area contributed by atoms with Gasteiger partial charge in [-0.1, -0.05) is 22.0 Å². The molecule has 1 aliphatic rings. The SMILES string of the molecule is CC(CCCO)NC1CCCOc2cc(Br)ccc21. The zero-order valence-corrected chi connectivity index (χ0v) is 12.9. The largest absolute Gasteiger partial charge is 0.493 e. The highest BCUT2D eigenvalue weighted by molar-refractivity contribution is 9.10. The fraction of sp³-hybridized carbons (Fsp3) is 0.600. The minimum Gasteiger partial charge on any atom is -0.493 e. The van der Waals surface area contributed by atoms with E-state index in [1.165, 1.54) is 5.56 Å². The van der Waals surface area contributed by atoms with Crippen molar-refractivity contribution < 1.29 is 9.84 Å². The zero-order chi connectivity index (χ0) is 13.7. The minimum atomic E-state index is 0.267. The lowest BCUT2D eigenvalue weighted by atomic mass is 10.0. The van der Waals surface area contributed by atoms with Crippen molar-refractivity contribution in [1.82, 2.24) is 5.32 Å². The van der Waals surface area contributed by atoms with Gasteiger partial charge in [-0.05, 0) is 44.7 Å². The Morgan fingerprint density at radius 3 is 3.16 bits per heavy atom. The molecule has 1 aliphatic heterocycles. The second-order valence-electron chi connectivity index (χ2n) is 5.16. The fourth-order valence-electron chi connectivity index (χ4n) is 2.54. The van der Waals surface area contributed by atoms with Crippen molar-refractivity contribution >= 4 is 15.9 Å². The summed E-state index contributed by atoms with van der Waals surface area (Å²) in [6, 6.07) is 7.01. The van der Waals surface area contributed by atoms with E-state index in [4.69, 9.17) is 9.84 Å². The average Bonchev–Trinajstić information content (AvgIpc) is 2.58. The molecule has 4 heteroatoms. The number of hydrogen-bond donors (Lipinski definition) is 2. The second-order valence-corrected chi connectivity index (χ2v) is 6.07. The first-order valence-electron chi connectivity index (χ1n) is 7.00. The number of nitrogens with one attached hydrogen (secondary N) is 1. The van der Waals surface area contributed by atoms with Gasteiger partial charge >= 0.3 is 0 Å². The molecule has 1 heterocycles. The van der Waals surface area contributed by atoms with E-state index in [0.717, 1.165) is 42.5 Å². The monoisotopic (exact) mass is 327 g/mol. The normalized spacial score (nSPS) is 20.3. The van der Waals surface area contributed by atoms with Crippen LogP contribution in [0, 0.1) is 0 Å². The Morgan fingerprint density at radius 1 is 1.53 bits per heavy atom. The molecule has 2 rings (SSSR count). The highest BCUT2D eigenvalue weighted by Gasteiger charge is 2.21. The van der Waals surface area contributed by atoms with E-state index in [2.05, 4.69) is 40.3 Å². The van der Waals surface area contributed by atoms with E-state index in [9.17, 15) is 0 Å². The number of hydrogen-bond acceptors (Lipinski definition) is 3. The van der Waals surface area contributed by atoms with E-state index in [0.29, 0.717) is 12.1 Å². The van der Waals surface area contributed by atoms with Crippen molar-refractivity contribution in [2.45, 2.75) is 44.7 Å². The van der Waals surface area contributed by atoms with Gasteiger partial charge in [0, 0.05) is 28.7 Å². The number of aliphatic hydroxyl groups is 1. The molecule has 0 amide bonds. The molecule has 19 heavy (non-hydrogen) atoms. The smallest absolute Gasteiger partial charge is 0.125 e. The van der Waals surface area contributed by atoms with Crippen LogP contribution in [0.15, 0.2) is 22.7 Å². The van der Waals surface area contributed by atoms with Crippen LogP contribution in [0.4, 0.5) is 0 Å². The Hall–Kier alpha value is -0.580. The Balaban J connectivity index is 2.08. The summed E-state index contributed by atoms with van der Waals surface area (Å²) in [5.41, 5.74) is 1.25. The lowest BCUT2D eigenvalue weighted by Gasteiger charge is -2.23. The molecule has 0 radical (unpaired) electrons. The Kier molecular flexibility index (Phi) is 5.67. The lowest BCUT2D eigenvalue weighted by Crippen LogP contribution is -2.30. The number of aliphatic hydroxyl groups excluding tert-OH is 1. The lowest BCUT2D eigenvalue weighted by molar-refractivity contribution is 0.272. The molecule has 0 aliphatic carbocycles. The predicted molar refractivity (Wildman–Crippen MR) is 80.5 cm³/mol. The molecule has 0 saturated carbocycles. The van der Waals surface area contributed by atoms with Gasteiger partial charge in [0.15, 0.2) is 0 Å². The summed E-state index contributed by atoms with van der Waals surface area (Å²) >= 11 is 3.49. The molecule has 3 nitrogen and oxygen atoms in total. The van der Waals surface area contributed by atoms with Crippen molar-refractivity contribution in [3.63, 3.8) is 0 Å². The van der Waals surface area contributed by atoms with Crippen molar-refractivity contribution in [1.29, 1.82) is 0 Å². The Bertz CT molecular complexity index is 411. The number of rotatable bonds is 5. The summed E-state index contributed by atoms with van der Waals surface area (Å²) in [6.07, 6.45) is 4.01. The van der Waals surface area contributed by atoms with Crippen LogP contribution in [0.2, 0.25) is 0 Å². The van der Waals surface area contributed by atoms with E-state index in [1.54, 1.807) is 0 Å². The highest BCUT2D eigenvalue weighted by atomic mass is 79.9. The third kappa shape index (κ3) is 4.20. The molecule has 1 aromatic carbocycles. The van der Waals surface area contributed by atoms with E-state index in [-0.39, 0.29) is 6.61 Å². The maximum Gasteiger partial charge on any atom is 0.125 e. The van der Waals surface area contributed by atoms with Crippen LogP contribution in [-0.4, -0.2) is 24.4 Å². The summed E-state index contributed by atoms with van der Waals surface area (Å²) in [7, 11) is 0. The maximum absolute atomic E-state index is 8.90. The Labute approximate surface area is 123 Å². The number of halogens is 1. The molecule has 0 aromatic heterocycles. The van der Waals surface area contributed by atoms with Gasteiger partial charge < -0.3 is 15.2 Å². The van der Waals surface area contributed by atoms with Gasteiger partial charge in [0.1, 0.15) is 5.75 Å². The first kappa shape index (κ1) is 14.8. The molecule has 0 spiro atoms. The fourth-order valence-corrected chi connectivity index (χ4v) is 2.88. The van der Waals surface area contributed by atoms with Crippen LogP contribution in [0.3, 0.4) is 0 Å². The zero-order valence-electron chi connectivity index (χ0n) is 11.4. The van der Waals surface area contributed by atoms with Gasteiger partial charge in [0.05, 0.1) is 6.61 Å². The quantitative estimate of drug-likeness (QED) is 0.870. The molecule has 0 fully saturated rings. The topological polar surface area (TPSA) is 41.5 Å². The predicted octanol–water partition coefficient (Wildman–Crippen LogP) is 3.41. The molecular weight excluding hydrogens is 306 g/mol. The summed E-state index contributed by atoms with van der Waals surface area (Å²) in [6.45, 7) is 3.23. The van der Waals surface area contributed by atoms with E-state index < -0.39 is 0 Å². The summed E-state index contributed by atoms with van der Waals surface area (Å²) in [5, 5.41) is 12.6. The van der Waals surface area contributed by atoms with Crippen LogP contribution in [-0.2, 0) is 0 Å². The number of benzene rings is 1. The summed E-state index contributed by atoms with van der Waals surface area (Å²) in [4.78, 5) is 0. The van der Waals surface area contributed by atoms with Crippen molar-refractivity contribution in [3.8, 4) is 5.75 Å². The van der Waals surface area contributed by atoms with E-state index >= 15 is 0 Å². The van der Waals surface area contributed by atoms with Crippen molar-refractivity contribution in [3.05, 3.63) is 28.2 Å². The minimum absolute atomic E-state index is 0.267. The third-order valence-electron chi connectivity index (χ3n) is 3.53. The van der Waals surface area contributed by atoms with Crippen LogP contribution >= 0.6 is 15.9 Å². The van der Waals surface area contributed by atoms with Crippen molar-refractivity contribution in [2.24, 2.45) is 0 Å². The number of fused-ring (bicyclic) bond motifs is 1. The molecule has 2 atom stereocenters. The second kappa shape index (κ2) is 7.27. The third-order valence-corrected chi connectivity index (χ3v) is 4.02. The van der Waals surface area contributed by atoms with Gasteiger partial charge in [-0.25, -0.2) is 0 Å². The Morgan fingerprint density at radius 2 is 2.37 bits per heavy atom. The molecule has 2 unspecified atom stereocenters. The van der Waals surface area contributed by atoms with Crippen LogP contribution in [0.25, 0.3) is 0 Å². The maximum atomic E-state index is 8.90. The van der Waals surface area contributed by atoms with Crippen molar-refractivity contribution in [2.75, 3.05) is 13.2 Å². The van der Waals surface area contributed by atoms with Gasteiger partial charge in [-0.2, -0.15) is 0 Å². The first-order valence-corrected chi connectivity index (χ1v) is 7.79. The molecule has 1 aromatic rings. The van der Waals surface area contributed by atoms with Crippen LogP contribution < -0.4 is 10.1 Å². The standard InChI is InChI=1S/C15H22BrNO2/c1-11(4-2-8-18)17-14-5-3-9-19-15-10-12(16)6-7-13(14)15/h6-7,10-11,14,17-18H,2-5,8-9H2,1H3. The number of ether oxygens (including phenoxy) is 1. The van der Waals surface area contributed by atoms with Gasteiger partial charge in [-0.3, -0.25) is 0 Å². The summed E-state index contributed by atoms with van der Waals surface area (Å²) in [5.74, 6) is 0.985. The van der Waals surface area contributed by atoms with E-state index in [1.807, 2.05) is 6.07 Å². The highest BCUT2D eigenvalue weighted by Crippen LogP contribution is 2.34. The molecule has 0 saturated heterocycles. The molecular formula is C15H22BrNO2. The molecule has 0 bridgehead atoms. The van der Waals surface area contributed by atoms with Crippen LogP contribution in [0.1, 0.15) is 44.2 Å². The first-order chi connectivity index (χ1) is 9.20. The molecule has 106 valence electrons. The van der Waals surface area contributed by atoms with Gasteiger partial charge in [0.25, 0.3) is 0 Å². The average molecular weight is 328 g/mol. The van der Waals surface area contributed by atoms with Crippen LogP contribution in [0.5, 0.6) is 5.75 Å². The molecule has 2 N–H and O–H groups in total.